The number of hydrogen-bond donors (Lipinski definition) is 2. The zero-order valence-electron chi connectivity index (χ0n) is 12.8. The molecule has 1 aliphatic heterocycles. The lowest BCUT2D eigenvalue weighted by atomic mass is 10.1. The van der Waals surface area contributed by atoms with Crippen molar-refractivity contribution in [2.45, 2.75) is 32.9 Å². The van der Waals surface area contributed by atoms with Crippen LogP contribution in [0.5, 0.6) is 0 Å². The number of nitrogens with zero attached hydrogens (tertiary/aromatic N) is 1. The largest absolute Gasteiger partial charge is 0.382 e. The third-order valence-corrected chi connectivity index (χ3v) is 3.20. The molecule has 0 saturated carbocycles. The molecule has 2 rings (SSSR count). The van der Waals surface area contributed by atoms with Crippen molar-refractivity contribution in [1.82, 2.24) is 10.6 Å². The Morgan fingerprint density at radius 2 is 2.00 bits per heavy atom. The summed E-state index contributed by atoms with van der Waals surface area (Å²) in [7, 11) is 0. The summed E-state index contributed by atoms with van der Waals surface area (Å²) in [5, 5.41) is 9.26. The van der Waals surface area contributed by atoms with Crippen LogP contribution >= 0.6 is 0 Å². The molecule has 1 atom stereocenters. The first-order valence-corrected chi connectivity index (χ1v) is 7.38. The molecular formula is C16H21N3O3. The van der Waals surface area contributed by atoms with Crippen LogP contribution in [0, 0.1) is 5.92 Å². The normalized spacial score (nSPS) is 16.9. The van der Waals surface area contributed by atoms with Gasteiger partial charge in [0.2, 0.25) is 6.10 Å². The van der Waals surface area contributed by atoms with E-state index in [1.54, 1.807) is 0 Å². The van der Waals surface area contributed by atoms with Crippen molar-refractivity contribution in [3.63, 3.8) is 0 Å². The van der Waals surface area contributed by atoms with Gasteiger partial charge in [0.15, 0.2) is 0 Å². The molecule has 22 heavy (non-hydrogen) atoms. The smallest absolute Gasteiger partial charge is 0.269 e. The molecule has 0 aliphatic carbocycles. The fraction of sp³-hybridized carbons (Fsp3) is 0.438. The Morgan fingerprint density at radius 3 is 2.68 bits per heavy atom. The van der Waals surface area contributed by atoms with Crippen LogP contribution in [0.1, 0.15) is 25.8 Å². The molecule has 1 heterocycles. The van der Waals surface area contributed by atoms with Gasteiger partial charge in [0.25, 0.3) is 11.8 Å². The number of hydrogen-bond acceptors (Lipinski definition) is 4. The summed E-state index contributed by atoms with van der Waals surface area (Å²) in [5.41, 5.74) is 1.27. The molecule has 118 valence electrons. The summed E-state index contributed by atoms with van der Waals surface area (Å²) >= 11 is 0. The van der Waals surface area contributed by atoms with E-state index in [2.05, 4.69) is 15.8 Å². The van der Waals surface area contributed by atoms with Gasteiger partial charge in [-0.25, -0.2) is 0 Å². The van der Waals surface area contributed by atoms with Gasteiger partial charge in [-0.2, -0.15) is 0 Å². The first kappa shape index (κ1) is 16.0. The van der Waals surface area contributed by atoms with E-state index in [-0.39, 0.29) is 23.9 Å². The molecule has 0 bridgehead atoms. The summed E-state index contributed by atoms with van der Waals surface area (Å²) < 4.78 is 0. The van der Waals surface area contributed by atoms with Crippen molar-refractivity contribution >= 4 is 17.5 Å². The fourth-order valence-corrected chi connectivity index (χ4v) is 1.95. The molecule has 6 nitrogen and oxygen atoms in total. The number of nitrogens with one attached hydrogen (secondary N) is 2. The molecule has 0 saturated heterocycles. The zero-order valence-corrected chi connectivity index (χ0v) is 12.8. The number of carbonyl (C=O) groups excluding carboxylic acids is 2. The Bertz CT molecular complexity index is 555. The van der Waals surface area contributed by atoms with Gasteiger partial charge in [0.1, 0.15) is 5.71 Å². The van der Waals surface area contributed by atoms with E-state index in [1.165, 1.54) is 0 Å². The summed E-state index contributed by atoms with van der Waals surface area (Å²) in [6.07, 6.45) is -0.534. The molecule has 0 radical (unpaired) electrons. The summed E-state index contributed by atoms with van der Waals surface area (Å²) in [6.45, 7) is 5.01. The molecule has 0 fully saturated rings. The maximum absolute atomic E-state index is 12.0. The van der Waals surface area contributed by atoms with Gasteiger partial charge in [-0.05, 0) is 11.5 Å². The van der Waals surface area contributed by atoms with Crippen LogP contribution in [-0.2, 0) is 21.0 Å². The van der Waals surface area contributed by atoms with E-state index in [9.17, 15) is 9.59 Å². The van der Waals surface area contributed by atoms with Crippen LogP contribution in [0.25, 0.3) is 0 Å². The number of benzene rings is 1. The molecule has 0 spiro atoms. The van der Waals surface area contributed by atoms with E-state index in [1.807, 2.05) is 44.2 Å². The number of oxime groups is 1. The Hall–Kier alpha value is -2.37. The van der Waals surface area contributed by atoms with E-state index in [0.29, 0.717) is 19.0 Å². The first-order valence-electron chi connectivity index (χ1n) is 7.38. The fourth-order valence-electron chi connectivity index (χ4n) is 1.95. The van der Waals surface area contributed by atoms with Crippen molar-refractivity contribution in [2.24, 2.45) is 11.1 Å². The lowest BCUT2D eigenvalue weighted by Crippen LogP contribution is -2.37. The minimum Gasteiger partial charge on any atom is -0.382 e. The monoisotopic (exact) mass is 303 g/mol. The predicted octanol–water partition coefficient (Wildman–Crippen LogP) is 1.22. The lowest BCUT2D eigenvalue weighted by Gasteiger charge is -2.09. The summed E-state index contributed by atoms with van der Waals surface area (Å²) in [4.78, 5) is 28.9. The molecule has 1 aromatic carbocycles. The van der Waals surface area contributed by atoms with E-state index < -0.39 is 6.10 Å². The van der Waals surface area contributed by atoms with E-state index >= 15 is 0 Å². The van der Waals surface area contributed by atoms with E-state index in [0.717, 1.165) is 5.56 Å². The topological polar surface area (TPSA) is 79.8 Å². The third kappa shape index (κ3) is 4.58. The van der Waals surface area contributed by atoms with Crippen LogP contribution < -0.4 is 10.6 Å². The van der Waals surface area contributed by atoms with Gasteiger partial charge < -0.3 is 15.5 Å². The van der Waals surface area contributed by atoms with Crippen LogP contribution in [0.15, 0.2) is 35.5 Å². The second-order valence-electron chi connectivity index (χ2n) is 5.64. The third-order valence-electron chi connectivity index (χ3n) is 3.20. The highest BCUT2D eigenvalue weighted by atomic mass is 16.6. The minimum atomic E-state index is -0.733. The predicted molar refractivity (Wildman–Crippen MR) is 83.1 cm³/mol. The molecule has 1 aliphatic rings. The number of amides is 2. The van der Waals surface area contributed by atoms with Crippen molar-refractivity contribution in [3.8, 4) is 0 Å². The summed E-state index contributed by atoms with van der Waals surface area (Å²) in [5.74, 6) is -0.178. The van der Waals surface area contributed by atoms with Crippen molar-refractivity contribution in [2.75, 3.05) is 6.54 Å². The first-order chi connectivity index (χ1) is 10.6. The molecular weight excluding hydrogens is 282 g/mol. The SMILES string of the molecule is CC(C)CNC(=O)C1=NOC(C(=O)NCc2ccccc2)C1. The van der Waals surface area contributed by atoms with Gasteiger partial charge in [-0.15, -0.1) is 0 Å². The Balaban J connectivity index is 1.76. The van der Waals surface area contributed by atoms with Gasteiger partial charge in [0, 0.05) is 19.5 Å². The average molecular weight is 303 g/mol. The van der Waals surface area contributed by atoms with E-state index in [4.69, 9.17) is 4.84 Å². The Kier molecular flexibility index (Phi) is 5.52. The molecule has 6 heteroatoms. The highest BCUT2D eigenvalue weighted by molar-refractivity contribution is 6.39. The van der Waals surface area contributed by atoms with Crippen molar-refractivity contribution < 1.29 is 14.4 Å². The second kappa shape index (κ2) is 7.59. The average Bonchev–Trinajstić information content (AvgIpc) is 3.01. The molecule has 0 aromatic heterocycles. The lowest BCUT2D eigenvalue weighted by molar-refractivity contribution is -0.131. The van der Waals surface area contributed by atoms with Crippen molar-refractivity contribution in [1.29, 1.82) is 0 Å². The standard InChI is InChI=1S/C16H21N3O3/c1-11(2)9-17-15(20)13-8-14(22-19-13)16(21)18-10-12-6-4-3-5-7-12/h3-7,11,14H,8-10H2,1-2H3,(H,17,20)(H,18,21). The van der Waals surface area contributed by atoms with Crippen molar-refractivity contribution in [3.05, 3.63) is 35.9 Å². The maximum Gasteiger partial charge on any atom is 0.269 e. The minimum absolute atomic E-state index is 0.199. The highest BCUT2D eigenvalue weighted by Crippen LogP contribution is 2.11. The van der Waals surface area contributed by atoms with Crippen LogP contribution in [0.2, 0.25) is 0 Å². The van der Waals surface area contributed by atoms with Gasteiger partial charge >= 0.3 is 0 Å². The van der Waals surface area contributed by atoms with Crippen LogP contribution in [-0.4, -0.2) is 30.2 Å². The molecule has 2 N–H and O–H groups in total. The highest BCUT2D eigenvalue weighted by Gasteiger charge is 2.31. The maximum atomic E-state index is 12.0. The van der Waals surface area contributed by atoms with Gasteiger partial charge in [-0.1, -0.05) is 49.3 Å². The molecule has 2 amide bonds. The number of carbonyl (C=O) groups is 2. The quantitative estimate of drug-likeness (QED) is 0.829. The second-order valence-corrected chi connectivity index (χ2v) is 5.64. The zero-order chi connectivity index (χ0) is 15.9. The molecule has 1 unspecified atom stereocenters. The Labute approximate surface area is 129 Å². The summed E-state index contributed by atoms with van der Waals surface area (Å²) in [6, 6.07) is 9.59. The van der Waals surface area contributed by atoms with Crippen LogP contribution in [0.3, 0.4) is 0 Å². The Morgan fingerprint density at radius 1 is 1.27 bits per heavy atom. The van der Waals surface area contributed by atoms with Gasteiger partial charge in [0.05, 0.1) is 0 Å². The molecule has 1 aromatic rings. The number of rotatable bonds is 6. The van der Waals surface area contributed by atoms with Gasteiger partial charge in [-0.3, -0.25) is 9.59 Å². The van der Waals surface area contributed by atoms with Crippen LogP contribution in [0.4, 0.5) is 0 Å².